The van der Waals surface area contributed by atoms with Crippen LogP contribution in [0.4, 0.5) is 5.69 Å². The fourth-order valence-corrected chi connectivity index (χ4v) is 4.10. The van der Waals surface area contributed by atoms with Gasteiger partial charge in [0.15, 0.2) is 5.82 Å². The minimum atomic E-state index is -0.357. The molecule has 28 heavy (non-hydrogen) atoms. The summed E-state index contributed by atoms with van der Waals surface area (Å²) in [5, 5.41) is 14.9. The number of nitrogens with one attached hydrogen (secondary N) is 1. The standard InChI is InChI=1S/C20H26N6O2/c1-13-7-8-17(9-14(13)2)25-12-15(10-19(25)27)20(28)21-11-18-22-23-24-26(18)16-5-3-4-6-16/h7-9,15-16H,3-6,10-12H2,1-2H3,(H,21,28). The second-order valence-electron chi connectivity index (χ2n) is 7.87. The van der Waals surface area contributed by atoms with Crippen molar-refractivity contribution in [3.63, 3.8) is 0 Å². The monoisotopic (exact) mass is 382 g/mol. The first-order valence-electron chi connectivity index (χ1n) is 9.95. The van der Waals surface area contributed by atoms with Crippen LogP contribution in [0.3, 0.4) is 0 Å². The van der Waals surface area contributed by atoms with E-state index in [1.165, 1.54) is 18.4 Å². The summed E-state index contributed by atoms with van der Waals surface area (Å²) < 4.78 is 1.84. The van der Waals surface area contributed by atoms with E-state index in [1.54, 1.807) is 4.90 Å². The number of hydrogen-bond acceptors (Lipinski definition) is 5. The van der Waals surface area contributed by atoms with Crippen molar-refractivity contribution in [1.29, 1.82) is 0 Å². The molecule has 1 aromatic carbocycles. The van der Waals surface area contributed by atoms with E-state index in [-0.39, 0.29) is 30.7 Å². The van der Waals surface area contributed by atoms with Crippen molar-refractivity contribution in [2.75, 3.05) is 11.4 Å². The van der Waals surface area contributed by atoms with Crippen LogP contribution in [0, 0.1) is 19.8 Å². The Kier molecular flexibility index (Phi) is 5.11. The van der Waals surface area contributed by atoms with Gasteiger partial charge in [0.1, 0.15) is 0 Å². The summed E-state index contributed by atoms with van der Waals surface area (Å²) in [7, 11) is 0. The number of rotatable bonds is 5. The van der Waals surface area contributed by atoms with Gasteiger partial charge in [-0.3, -0.25) is 9.59 Å². The van der Waals surface area contributed by atoms with E-state index in [2.05, 4.69) is 20.8 Å². The fraction of sp³-hybridized carbons (Fsp3) is 0.550. The molecule has 1 saturated heterocycles. The van der Waals surface area contributed by atoms with Crippen LogP contribution in [-0.2, 0) is 16.1 Å². The molecule has 1 N–H and O–H groups in total. The molecule has 1 aliphatic carbocycles. The molecule has 1 unspecified atom stereocenters. The Bertz CT molecular complexity index is 887. The molecule has 0 radical (unpaired) electrons. The Balaban J connectivity index is 1.37. The maximum absolute atomic E-state index is 12.6. The highest BCUT2D eigenvalue weighted by atomic mass is 16.2. The van der Waals surface area contributed by atoms with E-state index >= 15 is 0 Å². The van der Waals surface area contributed by atoms with E-state index < -0.39 is 0 Å². The summed E-state index contributed by atoms with van der Waals surface area (Å²) >= 11 is 0. The molecule has 8 heteroatoms. The maximum atomic E-state index is 12.6. The minimum absolute atomic E-state index is 0.0146. The summed E-state index contributed by atoms with van der Waals surface area (Å²) in [5.74, 6) is 0.181. The Morgan fingerprint density at radius 2 is 2.00 bits per heavy atom. The van der Waals surface area contributed by atoms with Gasteiger partial charge in [0, 0.05) is 18.7 Å². The first-order chi connectivity index (χ1) is 13.5. The molecule has 0 bridgehead atoms. The zero-order valence-corrected chi connectivity index (χ0v) is 16.4. The van der Waals surface area contributed by atoms with Crippen molar-refractivity contribution >= 4 is 17.5 Å². The molecule has 8 nitrogen and oxygen atoms in total. The van der Waals surface area contributed by atoms with Gasteiger partial charge in [0.05, 0.1) is 18.5 Å². The van der Waals surface area contributed by atoms with Crippen LogP contribution < -0.4 is 10.2 Å². The molecule has 2 aliphatic rings. The van der Waals surface area contributed by atoms with E-state index in [0.29, 0.717) is 18.4 Å². The zero-order chi connectivity index (χ0) is 19.7. The van der Waals surface area contributed by atoms with Gasteiger partial charge in [-0.2, -0.15) is 0 Å². The van der Waals surface area contributed by atoms with Crippen LogP contribution >= 0.6 is 0 Å². The van der Waals surface area contributed by atoms with Crippen LogP contribution in [0.25, 0.3) is 0 Å². The van der Waals surface area contributed by atoms with E-state index in [1.807, 2.05) is 36.7 Å². The minimum Gasteiger partial charge on any atom is -0.348 e. The molecule has 2 aromatic rings. The van der Waals surface area contributed by atoms with Gasteiger partial charge < -0.3 is 10.2 Å². The zero-order valence-electron chi connectivity index (χ0n) is 16.4. The highest BCUT2D eigenvalue weighted by Gasteiger charge is 2.35. The molecule has 148 valence electrons. The lowest BCUT2D eigenvalue weighted by Gasteiger charge is -2.18. The van der Waals surface area contributed by atoms with Crippen molar-refractivity contribution in [3.05, 3.63) is 35.2 Å². The second-order valence-corrected chi connectivity index (χ2v) is 7.87. The molecular formula is C20H26N6O2. The van der Waals surface area contributed by atoms with Crippen molar-refractivity contribution in [2.24, 2.45) is 5.92 Å². The van der Waals surface area contributed by atoms with Gasteiger partial charge in [0.25, 0.3) is 0 Å². The molecule has 1 aliphatic heterocycles. The normalized spacial score (nSPS) is 20.1. The number of hydrogen-bond donors (Lipinski definition) is 1. The Hall–Kier alpha value is -2.77. The summed E-state index contributed by atoms with van der Waals surface area (Å²) in [4.78, 5) is 26.8. The number of anilines is 1. The molecule has 1 saturated carbocycles. The third kappa shape index (κ3) is 3.63. The van der Waals surface area contributed by atoms with E-state index in [0.717, 1.165) is 24.1 Å². The largest absolute Gasteiger partial charge is 0.348 e. The maximum Gasteiger partial charge on any atom is 0.227 e. The predicted octanol–water partition coefficient (Wildman–Crippen LogP) is 2.07. The number of aryl methyl sites for hydroxylation is 2. The first-order valence-corrected chi connectivity index (χ1v) is 9.95. The van der Waals surface area contributed by atoms with Crippen LogP contribution in [0.2, 0.25) is 0 Å². The second kappa shape index (κ2) is 7.69. The Morgan fingerprint density at radius 3 is 2.75 bits per heavy atom. The third-order valence-corrected chi connectivity index (χ3v) is 5.95. The van der Waals surface area contributed by atoms with Gasteiger partial charge in [-0.25, -0.2) is 4.68 Å². The van der Waals surface area contributed by atoms with Gasteiger partial charge in [0.2, 0.25) is 11.8 Å². The van der Waals surface area contributed by atoms with E-state index in [9.17, 15) is 9.59 Å². The topological polar surface area (TPSA) is 93.0 Å². The molecule has 2 amide bonds. The van der Waals surface area contributed by atoms with Crippen LogP contribution in [-0.4, -0.2) is 38.6 Å². The van der Waals surface area contributed by atoms with Crippen molar-refractivity contribution < 1.29 is 9.59 Å². The van der Waals surface area contributed by atoms with Crippen LogP contribution in [0.1, 0.15) is 55.1 Å². The van der Waals surface area contributed by atoms with Crippen LogP contribution in [0.15, 0.2) is 18.2 Å². The molecule has 1 atom stereocenters. The average Bonchev–Trinajstić information content (AvgIpc) is 3.42. The van der Waals surface area contributed by atoms with Crippen LogP contribution in [0.5, 0.6) is 0 Å². The van der Waals surface area contributed by atoms with Crippen molar-refractivity contribution in [1.82, 2.24) is 25.5 Å². The smallest absolute Gasteiger partial charge is 0.227 e. The van der Waals surface area contributed by atoms with Gasteiger partial charge >= 0.3 is 0 Å². The first kappa shape index (κ1) is 18.6. The quantitative estimate of drug-likeness (QED) is 0.855. The number of benzene rings is 1. The molecule has 2 fully saturated rings. The summed E-state index contributed by atoms with van der Waals surface area (Å²) in [6.45, 7) is 4.76. The molecule has 2 heterocycles. The number of carbonyl (C=O) groups excluding carboxylic acids is 2. The number of carbonyl (C=O) groups is 2. The number of tetrazole rings is 1. The van der Waals surface area contributed by atoms with Gasteiger partial charge in [-0.1, -0.05) is 18.9 Å². The van der Waals surface area contributed by atoms with E-state index in [4.69, 9.17) is 0 Å². The summed E-state index contributed by atoms with van der Waals surface area (Å²) in [5.41, 5.74) is 3.18. The lowest BCUT2D eigenvalue weighted by atomic mass is 10.1. The molecule has 1 aromatic heterocycles. The van der Waals surface area contributed by atoms with Crippen molar-refractivity contribution in [3.8, 4) is 0 Å². The third-order valence-electron chi connectivity index (χ3n) is 5.95. The van der Waals surface area contributed by atoms with Crippen molar-refractivity contribution in [2.45, 2.75) is 58.5 Å². The molecule has 0 spiro atoms. The fourth-order valence-electron chi connectivity index (χ4n) is 4.10. The summed E-state index contributed by atoms with van der Waals surface area (Å²) in [6, 6.07) is 6.28. The SMILES string of the molecule is Cc1ccc(N2CC(C(=O)NCc3nnnn3C3CCCC3)CC2=O)cc1C. The molecule has 4 rings (SSSR count). The Labute approximate surface area is 164 Å². The number of nitrogens with zero attached hydrogens (tertiary/aromatic N) is 5. The lowest BCUT2D eigenvalue weighted by molar-refractivity contribution is -0.126. The highest BCUT2D eigenvalue weighted by molar-refractivity contribution is 6.00. The number of aromatic nitrogens is 4. The summed E-state index contributed by atoms with van der Waals surface area (Å²) in [6.07, 6.45) is 4.76. The molecular weight excluding hydrogens is 356 g/mol. The number of amides is 2. The predicted molar refractivity (Wildman–Crippen MR) is 104 cm³/mol. The lowest BCUT2D eigenvalue weighted by Crippen LogP contribution is -2.33. The van der Waals surface area contributed by atoms with Gasteiger partial charge in [-0.15, -0.1) is 5.10 Å². The highest BCUT2D eigenvalue weighted by Crippen LogP contribution is 2.29. The Morgan fingerprint density at radius 1 is 1.21 bits per heavy atom. The average molecular weight is 382 g/mol. The van der Waals surface area contributed by atoms with Gasteiger partial charge in [-0.05, 0) is 60.4 Å².